The Kier molecular flexibility index (Phi) is 3.64. The number of benzene rings is 1. The summed E-state index contributed by atoms with van der Waals surface area (Å²) in [5.74, 6) is 0.426. The Balaban J connectivity index is 2.22. The highest BCUT2D eigenvalue weighted by atomic mass is 32.2. The molecule has 0 atom stereocenters. The molecule has 0 saturated carbocycles. The van der Waals surface area contributed by atoms with Gasteiger partial charge in [-0.25, -0.2) is 13.1 Å². The van der Waals surface area contributed by atoms with Crippen LogP contribution in [0.3, 0.4) is 0 Å². The third-order valence-corrected chi connectivity index (χ3v) is 4.08. The van der Waals surface area contributed by atoms with E-state index in [1.165, 1.54) is 24.4 Å². The van der Waals surface area contributed by atoms with Gasteiger partial charge in [-0.05, 0) is 30.7 Å². The van der Waals surface area contributed by atoms with E-state index in [2.05, 4.69) is 9.88 Å². The first-order valence-corrected chi connectivity index (χ1v) is 6.91. The molecule has 0 fully saturated rings. The van der Waals surface area contributed by atoms with Crippen molar-refractivity contribution < 1.29 is 12.9 Å². The molecule has 98 valence electrons. The van der Waals surface area contributed by atoms with Gasteiger partial charge in [0.1, 0.15) is 0 Å². The van der Waals surface area contributed by atoms with Gasteiger partial charge in [0.15, 0.2) is 5.76 Å². The lowest BCUT2D eigenvalue weighted by Crippen LogP contribution is -2.23. The smallest absolute Gasteiger partial charge is 0.241 e. The predicted octanol–water partition coefficient (Wildman–Crippen LogP) is 1.33. The fraction of sp³-hybridized carbons (Fsp3) is 0.167. The van der Waals surface area contributed by atoms with Gasteiger partial charge in [0.25, 0.3) is 0 Å². The number of nitrogens with one attached hydrogen (secondary N) is 1. The fourth-order valence-corrected chi connectivity index (χ4v) is 2.82. The minimum Gasteiger partial charge on any atom is -0.360 e. The number of rotatable bonds is 4. The minimum absolute atomic E-state index is 0.0295. The van der Waals surface area contributed by atoms with Crippen LogP contribution in [-0.2, 0) is 16.6 Å². The van der Waals surface area contributed by atoms with E-state index in [-0.39, 0.29) is 11.4 Å². The number of nitrogens with zero attached hydrogens (tertiary/aromatic N) is 2. The van der Waals surface area contributed by atoms with Crippen LogP contribution in [0.2, 0.25) is 0 Å². The third kappa shape index (κ3) is 2.99. The van der Waals surface area contributed by atoms with Gasteiger partial charge in [-0.1, -0.05) is 5.16 Å². The average molecular weight is 277 g/mol. The van der Waals surface area contributed by atoms with Crippen LogP contribution in [-0.4, -0.2) is 13.6 Å². The molecule has 0 aliphatic rings. The number of hydrogen-bond donors (Lipinski definition) is 1. The molecule has 1 aromatic heterocycles. The Hall–Kier alpha value is -2.17. The van der Waals surface area contributed by atoms with E-state index in [0.717, 1.165) is 0 Å². The molecule has 7 heteroatoms. The lowest BCUT2D eigenvalue weighted by molar-refractivity contribution is 0.380. The largest absolute Gasteiger partial charge is 0.360 e. The van der Waals surface area contributed by atoms with Gasteiger partial charge in [-0.15, -0.1) is 0 Å². The number of aryl methyl sites for hydroxylation is 1. The van der Waals surface area contributed by atoms with Gasteiger partial charge in [0, 0.05) is 6.07 Å². The molecule has 2 rings (SSSR count). The third-order valence-electron chi connectivity index (χ3n) is 2.52. The van der Waals surface area contributed by atoms with E-state index in [1.54, 1.807) is 13.0 Å². The lowest BCUT2D eigenvalue weighted by Gasteiger charge is -2.08. The second kappa shape index (κ2) is 5.22. The van der Waals surface area contributed by atoms with E-state index >= 15 is 0 Å². The second-order valence-electron chi connectivity index (χ2n) is 3.90. The first-order chi connectivity index (χ1) is 9.03. The lowest BCUT2D eigenvalue weighted by atomic mass is 10.2. The highest BCUT2D eigenvalue weighted by Crippen LogP contribution is 2.16. The van der Waals surface area contributed by atoms with Crippen molar-refractivity contribution >= 4 is 10.0 Å². The number of sulfonamides is 1. The highest BCUT2D eigenvalue weighted by molar-refractivity contribution is 7.89. The standard InChI is InChI=1S/C12H11N3O3S/c1-9-6-10(7-13)2-3-12(9)19(16,17)15-8-11-4-5-14-18-11/h2-6,15H,8H2,1H3. The topological polar surface area (TPSA) is 96.0 Å². The van der Waals surface area contributed by atoms with Crippen molar-refractivity contribution in [3.63, 3.8) is 0 Å². The van der Waals surface area contributed by atoms with Crippen LogP contribution < -0.4 is 4.72 Å². The minimum atomic E-state index is -3.64. The molecule has 0 unspecified atom stereocenters. The Morgan fingerprint density at radius 1 is 1.42 bits per heavy atom. The molecule has 0 radical (unpaired) electrons. The summed E-state index contributed by atoms with van der Waals surface area (Å²) < 4.78 is 31.4. The Bertz CT molecular complexity index is 715. The molecule has 1 aromatic carbocycles. The summed E-state index contributed by atoms with van der Waals surface area (Å²) in [5, 5.41) is 12.2. The summed E-state index contributed by atoms with van der Waals surface area (Å²) in [6.45, 7) is 1.67. The maximum Gasteiger partial charge on any atom is 0.241 e. The van der Waals surface area contributed by atoms with Crippen molar-refractivity contribution in [2.24, 2.45) is 0 Å². The van der Waals surface area contributed by atoms with E-state index in [1.807, 2.05) is 6.07 Å². The molecule has 0 bridgehead atoms. The summed E-state index contributed by atoms with van der Waals surface area (Å²) in [6.07, 6.45) is 1.44. The van der Waals surface area contributed by atoms with Crippen LogP contribution in [0.4, 0.5) is 0 Å². The Morgan fingerprint density at radius 3 is 2.79 bits per heavy atom. The Labute approximate surface area is 110 Å². The molecule has 6 nitrogen and oxygen atoms in total. The molecule has 0 saturated heterocycles. The van der Waals surface area contributed by atoms with E-state index in [4.69, 9.17) is 9.78 Å². The molecule has 1 heterocycles. The van der Waals surface area contributed by atoms with Gasteiger partial charge in [0.2, 0.25) is 10.0 Å². The first kappa shape index (κ1) is 13.3. The predicted molar refractivity (Wildman–Crippen MR) is 66.4 cm³/mol. The summed E-state index contributed by atoms with van der Waals surface area (Å²) in [5.41, 5.74) is 0.941. The fourth-order valence-electron chi connectivity index (χ4n) is 1.60. The van der Waals surface area contributed by atoms with Gasteiger partial charge in [0.05, 0.1) is 29.3 Å². The molecule has 0 spiro atoms. The molecular formula is C12H11N3O3S. The second-order valence-corrected chi connectivity index (χ2v) is 5.63. The van der Waals surface area contributed by atoms with Gasteiger partial charge >= 0.3 is 0 Å². The molecule has 0 aliphatic heterocycles. The molecule has 1 N–H and O–H groups in total. The number of nitriles is 1. The van der Waals surface area contributed by atoms with Crippen LogP contribution in [0.25, 0.3) is 0 Å². The summed E-state index contributed by atoms with van der Waals surface area (Å²) in [6, 6.07) is 7.95. The monoisotopic (exact) mass is 277 g/mol. The van der Waals surface area contributed by atoms with Crippen LogP contribution >= 0.6 is 0 Å². The molecule has 0 amide bonds. The van der Waals surface area contributed by atoms with Crippen molar-refractivity contribution in [2.75, 3.05) is 0 Å². The van der Waals surface area contributed by atoms with Crippen LogP contribution in [0.5, 0.6) is 0 Å². The average Bonchev–Trinajstić information content (AvgIpc) is 2.89. The van der Waals surface area contributed by atoms with Crippen molar-refractivity contribution in [1.82, 2.24) is 9.88 Å². The van der Waals surface area contributed by atoms with E-state index in [0.29, 0.717) is 16.9 Å². The van der Waals surface area contributed by atoms with Gasteiger partial charge in [-0.3, -0.25) is 0 Å². The highest BCUT2D eigenvalue weighted by Gasteiger charge is 2.17. The zero-order valence-corrected chi connectivity index (χ0v) is 10.9. The molecular weight excluding hydrogens is 266 g/mol. The van der Waals surface area contributed by atoms with Crippen LogP contribution in [0.1, 0.15) is 16.9 Å². The van der Waals surface area contributed by atoms with Crippen molar-refractivity contribution in [1.29, 1.82) is 5.26 Å². The molecule has 2 aromatic rings. The summed E-state index contributed by atoms with van der Waals surface area (Å²) in [7, 11) is -3.64. The quantitative estimate of drug-likeness (QED) is 0.909. The van der Waals surface area contributed by atoms with Crippen molar-refractivity contribution in [3.05, 3.63) is 47.3 Å². The Morgan fingerprint density at radius 2 is 2.21 bits per heavy atom. The number of hydrogen-bond acceptors (Lipinski definition) is 5. The first-order valence-electron chi connectivity index (χ1n) is 5.43. The van der Waals surface area contributed by atoms with Crippen LogP contribution in [0.15, 0.2) is 39.9 Å². The van der Waals surface area contributed by atoms with E-state index in [9.17, 15) is 8.42 Å². The normalized spacial score (nSPS) is 11.2. The van der Waals surface area contributed by atoms with Gasteiger partial charge < -0.3 is 4.52 Å². The maximum absolute atomic E-state index is 12.1. The van der Waals surface area contributed by atoms with E-state index < -0.39 is 10.0 Å². The van der Waals surface area contributed by atoms with Crippen LogP contribution in [0, 0.1) is 18.3 Å². The SMILES string of the molecule is Cc1cc(C#N)ccc1S(=O)(=O)NCc1ccno1. The maximum atomic E-state index is 12.1. The number of aromatic nitrogens is 1. The zero-order chi connectivity index (χ0) is 13.9. The van der Waals surface area contributed by atoms with Gasteiger partial charge in [-0.2, -0.15) is 5.26 Å². The molecule has 0 aliphatic carbocycles. The van der Waals surface area contributed by atoms with Crippen molar-refractivity contribution in [3.8, 4) is 6.07 Å². The molecule has 19 heavy (non-hydrogen) atoms. The summed E-state index contributed by atoms with van der Waals surface area (Å²) >= 11 is 0. The summed E-state index contributed by atoms with van der Waals surface area (Å²) in [4.78, 5) is 0.144. The van der Waals surface area contributed by atoms with Crippen molar-refractivity contribution in [2.45, 2.75) is 18.4 Å². The zero-order valence-electron chi connectivity index (χ0n) is 10.1.